The van der Waals surface area contributed by atoms with Crippen LogP contribution in [0.5, 0.6) is 0 Å². The van der Waals surface area contributed by atoms with Gasteiger partial charge in [0.25, 0.3) is 5.91 Å². The molecule has 1 N–H and O–H groups in total. The van der Waals surface area contributed by atoms with Crippen molar-refractivity contribution < 1.29 is 19.1 Å². The number of hydrogen-bond donors (Lipinski definition) is 1. The predicted octanol–water partition coefficient (Wildman–Crippen LogP) is 4.42. The maximum absolute atomic E-state index is 13.1. The van der Waals surface area contributed by atoms with Gasteiger partial charge in [-0.25, -0.2) is 4.79 Å². The molecule has 2 atom stereocenters. The Hall–Kier alpha value is -1.12. The minimum Gasteiger partial charge on any atom is -0.453 e. The quantitative estimate of drug-likeness (QED) is 0.568. The monoisotopic (exact) mass is 472 g/mol. The third-order valence-electron chi connectivity index (χ3n) is 5.29. The molecule has 0 aromatic carbocycles. The van der Waals surface area contributed by atoms with Gasteiger partial charge in [-0.1, -0.05) is 0 Å². The van der Waals surface area contributed by atoms with Crippen LogP contribution in [0.15, 0.2) is 10.5 Å². The molecule has 2 heterocycles. The topological polar surface area (TPSA) is 67.9 Å². The van der Waals surface area contributed by atoms with Crippen LogP contribution in [-0.2, 0) is 20.7 Å². The van der Waals surface area contributed by atoms with Crippen molar-refractivity contribution in [3.63, 3.8) is 0 Å². The molecule has 2 fully saturated rings. The highest BCUT2D eigenvalue weighted by Gasteiger charge is 2.40. The van der Waals surface area contributed by atoms with Gasteiger partial charge in [0, 0.05) is 33.4 Å². The Morgan fingerprint density at radius 1 is 1.39 bits per heavy atom. The zero-order valence-corrected chi connectivity index (χ0v) is 18.9. The number of thiophene rings is 1. The summed E-state index contributed by atoms with van der Waals surface area (Å²) in [5.74, 6) is 0.156. The van der Waals surface area contributed by atoms with E-state index in [0.717, 1.165) is 49.4 Å². The molecule has 0 unspecified atom stereocenters. The first-order chi connectivity index (χ1) is 13.5. The summed E-state index contributed by atoms with van der Waals surface area (Å²) in [6.07, 6.45) is 6.15. The lowest BCUT2D eigenvalue weighted by Crippen LogP contribution is -2.44. The maximum Gasteiger partial charge on any atom is 0.406 e. The lowest BCUT2D eigenvalue weighted by molar-refractivity contribution is -0.149. The van der Waals surface area contributed by atoms with Gasteiger partial charge in [0.15, 0.2) is 0 Å². The van der Waals surface area contributed by atoms with Gasteiger partial charge in [-0.15, -0.1) is 11.3 Å². The molecule has 0 radical (unpaired) electrons. The van der Waals surface area contributed by atoms with Crippen LogP contribution >= 0.6 is 27.3 Å². The molecule has 3 rings (SSSR count). The first kappa shape index (κ1) is 21.6. The van der Waals surface area contributed by atoms with E-state index in [1.807, 2.05) is 0 Å². The van der Waals surface area contributed by atoms with Crippen molar-refractivity contribution in [3.05, 3.63) is 20.3 Å². The van der Waals surface area contributed by atoms with E-state index in [9.17, 15) is 9.59 Å². The number of nitrogens with zero attached hydrogens (tertiary/aromatic N) is 1. The van der Waals surface area contributed by atoms with Gasteiger partial charge >= 0.3 is 6.09 Å². The van der Waals surface area contributed by atoms with E-state index in [4.69, 9.17) is 4.74 Å². The largest absolute Gasteiger partial charge is 0.453 e. The minimum atomic E-state index is -0.400. The van der Waals surface area contributed by atoms with Gasteiger partial charge in [0.05, 0.1) is 13.2 Å². The zero-order valence-electron chi connectivity index (χ0n) is 16.5. The van der Waals surface area contributed by atoms with E-state index < -0.39 is 6.09 Å². The number of nitrogens with one attached hydrogen (secondary N) is 1. The van der Waals surface area contributed by atoms with Crippen LogP contribution in [0.1, 0.15) is 61.2 Å². The summed E-state index contributed by atoms with van der Waals surface area (Å²) in [4.78, 5) is 28.8. The maximum atomic E-state index is 13.1. The summed E-state index contributed by atoms with van der Waals surface area (Å²) >= 11 is 5.41. The number of halogens is 1. The Morgan fingerprint density at radius 2 is 2.18 bits per heavy atom. The van der Waals surface area contributed by atoms with Gasteiger partial charge in [0.2, 0.25) is 0 Å². The van der Waals surface area contributed by atoms with E-state index in [0.29, 0.717) is 19.2 Å². The van der Waals surface area contributed by atoms with E-state index in [1.165, 1.54) is 16.9 Å². The van der Waals surface area contributed by atoms with Crippen LogP contribution < -0.4 is 5.32 Å². The second-order valence-electron chi connectivity index (χ2n) is 7.45. The number of carbonyl (C=O) groups excluding carboxylic acids is 2. The summed E-state index contributed by atoms with van der Waals surface area (Å²) in [6, 6.07) is 2.54. The van der Waals surface area contributed by atoms with Gasteiger partial charge < -0.3 is 19.7 Å². The lowest BCUT2D eigenvalue weighted by atomic mass is 10.1. The van der Waals surface area contributed by atoms with E-state index >= 15 is 0 Å². The van der Waals surface area contributed by atoms with Gasteiger partial charge in [-0.05, 0) is 73.9 Å². The summed E-state index contributed by atoms with van der Waals surface area (Å²) in [7, 11) is 1.37. The molecule has 1 aromatic rings. The van der Waals surface area contributed by atoms with E-state index in [2.05, 4.69) is 43.9 Å². The molecule has 1 aromatic heterocycles. The smallest absolute Gasteiger partial charge is 0.406 e. The highest BCUT2D eigenvalue weighted by atomic mass is 79.9. The summed E-state index contributed by atoms with van der Waals surface area (Å²) in [6.45, 7) is 3.39. The molecule has 2 aliphatic rings. The van der Waals surface area contributed by atoms with Crippen molar-refractivity contribution in [1.29, 1.82) is 0 Å². The third kappa shape index (κ3) is 5.48. The first-order valence-electron chi connectivity index (χ1n) is 10.0. The van der Waals surface area contributed by atoms with Gasteiger partial charge in [0.1, 0.15) is 6.10 Å². The summed E-state index contributed by atoms with van der Waals surface area (Å²) in [5, 5.41) is 2.71. The fraction of sp³-hybridized carbons (Fsp3) is 0.700. The van der Waals surface area contributed by atoms with Crippen LogP contribution in [-0.4, -0.2) is 49.3 Å². The van der Waals surface area contributed by atoms with Crippen LogP contribution in [0, 0.1) is 0 Å². The van der Waals surface area contributed by atoms with Crippen molar-refractivity contribution in [2.24, 2.45) is 0 Å². The van der Waals surface area contributed by atoms with E-state index in [-0.39, 0.29) is 18.1 Å². The highest BCUT2D eigenvalue weighted by Crippen LogP contribution is 2.40. The molecule has 2 amide bonds. The minimum absolute atomic E-state index is 0.0498. The highest BCUT2D eigenvalue weighted by molar-refractivity contribution is 9.10. The normalized spacial score (nSPS) is 20.5. The molecule has 28 heavy (non-hydrogen) atoms. The standard InChI is InChI=1S/C20H29BrN2O4S/c1-13(23(14-8-9-14)19(24)16-6-3-4-11-27-16)18-12-15(21)17(28-18)7-5-10-22-20(25)26-2/h12-14,16H,3-11H2,1-2H3,(H,22,25)/t13-,16-/m1/s1. The first-order valence-corrected chi connectivity index (χ1v) is 11.7. The lowest BCUT2D eigenvalue weighted by Gasteiger charge is -2.33. The molecular weight excluding hydrogens is 444 g/mol. The Labute approximate surface area is 179 Å². The number of ether oxygens (including phenoxy) is 2. The van der Waals surface area contributed by atoms with E-state index in [1.54, 1.807) is 11.3 Å². The molecular formula is C20H29BrN2O4S. The molecule has 1 aliphatic carbocycles. The van der Waals surface area contributed by atoms with Gasteiger partial charge in [-0.3, -0.25) is 4.79 Å². The molecule has 0 spiro atoms. The van der Waals surface area contributed by atoms with Crippen molar-refractivity contribution >= 4 is 39.3 Å². The van der Waals surface area contributed by atoms with Crippen LogP contribution in [0.3, 0.4) is 0 Å². The average Bonchev–Trinajstić information content (AvgIpc) is 3.47. The van der Waals surface area contributed by atoms with Gasteiger partial charge in [-0.2, -0.15) is 0 Å². The molecule has 156 valence electrons. The molecule has 6 nitrogen and oxygen atoms in total. The van der Waals surface area contributed by atoms with Crippen LogP contribution in [0.25, 0.3) is 0 Å². The Bertz CT molecular complexity index is 686. The van der Waals surface area contributed by atoms with Crippen molar-refractivity contribution in [2.45, 2.75) is 70.1 Å². The molecule has 0 bridgehead atoms. The van der Waals surface area contributed by atoms with Crippen molar-refractivity contribution in [1.82, 2.24) is 10.2 Å². The molecule has 1 aliphatic heterocycles. The second kappa shape index (κ2) is 10.1. The van der Waals surface area contributed by atoms with Crippen LogP contribution in [0.4, 0.5) is 4.79 Å². The zero-order chi connectivity index (χ0) is 20.1. The number of aryl methyl sites for hydroxylation is 1. The number of amides is 2. The number of carbonyl (C=O) groups is 2. The number of alkyl carbamates (subject to hydrolysis) is 1. The number of hydrogen-bond acceptors (Lipinski definition) is 5. The fourth-order valence-corrected chi connectivity index (χ4v) is 5.58. The molecule has 1 saturated carbocycles. The Balaban J connectivity index is 1.62. The Morgan fingerprint density at radius 3 is 2.82 bits per heavy atom. The SMILES string of the molecule is COC(=O)NCCCc1sc([C@@H](C)N(C(=O)[C@H]2CCCCO2)C2CC2)cc1Br. The third-order valence-corrected chi connectivity index (χ3v) is 7.63. The second-order valence-corrected chi connectivity index (χ2v) is 9.47. The molecule has 1 saturated heterocycles. The predicted molar refractivity (Wildman–Crippen MR) is 113 cm³/mol. The summed E-state index contributed by atoms with van der Waals surface area (Å²) < 4.78 is 11.4. The number of rotatable bonds is 8. The fourth-order valence-electron chi connectivity index (χ4n) is 3.59. The number of methoxy groups -OCH3 is 1. The van der Waals surface area contributed by atoms with Crippen molar-refractivity contribution in [3.8, 4) is 0 Å². The van der Waals surface area contributed by atoms with Crippen LogP contribution in [0.2, 0.25) is 0 Å². The average molecular weight is 473 g/mol. The van der Waals surface area contributed by atoms with Crippen molar-refractivity contribution in [2.75, 3.05) is 20.3 Å². The Kier molecular flexibility index (Phi) is 7.77. The summed E-state index contributed by atoms with van der Waals surface area (Å²) in [5.41, 5.74) is 0. The molecule has 8 heteroatoms.